The van der Waals surface area contributed by atoms with Crippen LogP contribution >= 0.6 is 34.4 Å². The molecule has 3 heteroatoms. The van der Waals surface area contributed by atoms with Crippen LogP contribution in [0.25, 0.3) is 0 Å². The number of carbonyl (C=O) groups excluding carboxylic acids is 1. The summed E-state index contributed by atoms with van der Waals surface area (Å²) in [4.78, 5) is 13.5. The van der Waals surface area contributed by atoms with E-state index in [0.29, 0.717) is 0 Å². The number of carbonyl (C=O) groups is 1. The molecule has 2 aromatic rings. The van der Waals surface area contributed by atoms with Gasteiger partial charge in [0.1, 0.15) is 0 Å². The lowest BCUT2D eigenvalue weighted by atomic mass is 10.0. The first-order chi connectivity index (χ1) is 8.70. The predicted molar refractivity (Wildman–Crippen MR) is 85.4 cm³/mol. The van der Waals surface area contributed by atoms with Crippen molar-refractivity contribution in [3.8, 4) is 0 Å². The van der Waals surface area contributed by atoms with Crippen molar-refractivity contribution < 1.29 is 4.79 Å². The van der Waals surface area contributed by atoms with Gasteiger partial charge in [0.15, 0.2) is 5.78 Å². The number of halogens is 1. The van der Waals surface area contributed by atoms with Crippen molar-refractivity contribution in [2.75, 3.05) is 5.75 Å². The second-order valence-corrected chi connectivity index (χ2v) is 6.38. The average molecular weight is 368 g/mol. The summed E-state index contributed by atoms with van der Waals surface area (Å²) in [6.07, 6.45) is 0. The molecule has 0 aromatic heterocycles. The molecule has 0 saturated carbocycles. The Morgan fingerprint density at radius 3 is 2.44 bits per heavy atom. The molecule has 0 aliphatic carbocycles. The minimum Gasteiger partial charge on any atom is -0.289 e. The zero-order valence-electron chi connectivity index (χ0n) is 10.0. The molecule has 0 radical (unpaired) electrons. The maximum atomic E-state index is 12.3. The van der Waals surface area contributed by atoms with Crippen LogP contribution in [0.5, 0.6) is 0 Å². The minimum absolute atomic E-state index is 0.0848. The van der Waals surface area contributed by atoms with Gasteiger partial charge in [-0.2, -0.15) is 0 Å². The molecular formula is C15H13IOS. The van der Waals surface area contributed by atoms with E-state index in [2.05, 4.69) is 29.5 Å². The molecule has 0 bridgehead atoms. The SMILES string of the molecule is CCSc1ccc(C(=O)c2cccc(I)c2)cc1. The highest BCUT2D eigenvalue weighted by atomic mass is 127. The molecule has 18 heavy (non-hydrogen) atoms. The molecule has 92 valence electrons. The Morgan fingerprint density at radius 2 is 1.83 bits per heavy atom. The normalized spacial score (nSPS) is 10.3. The van der Waals surface area contributed by atoms with Crippen molar-refractivity contribution in [1.29, 1.82) is 0 Å². The Morgan fingerprint density at radius 1 is 1.11 bits per heavy atom. The summed E-state index contributed by atoms with van der Waals surface area (Å²) in [7, 11) is 0. The molecule has 0 amide bonds. The van der Waals surface area contributed by atoms with Gasteiger partial charge in [-0.1, -0.05) is 19.1 Å². The third kappa shape index (κ3) is 3.36. The lowest BCUT2D eigenvalue weighted by molar-refractivity contribution is 0.103. The fourth-order valence-corrected chi connectivity index (χ4v) is 2.87. The molecule has 0 unspecified atom stereocenters. The summed E-state index contributed by atoms with van der Waals surface area (Å²) in [6.45, 7) is 2.12. The monoisotopic (exact) mass is 368 g/mol. The quantitative estimate of drug-likeness (QED) is 0.445. The van der Waals surface area contributed by atoms with E-state index in [1.807, 2.05) is 48.5 Å². The Bertz CT molecular complexity index is 549. The maximum Gasteiger partial charge on any atom is 0.193 e. The highest BCUT2D eigenvalue weighted by Gasteiger charge is 2.08. The Labute approximate surface area is 125 Å². The van der Waals surface area contributed by atoms with Crippen molar-refractivity contribution in [3.63, 3.8) is 0 Å². The predicted octanol–water partition coefficient (Wildman–Crippen LogP) is 4.63. The van der Waals surface area contributed by atoms with Gasteiger partial charge in [-0.05, 0) is 64.7 Å². The second-order valence-electron chi connectivity index (χ2n) is 3.80. The fourth-order valence-electron chi connectivity index (χ4n) is 1.67. The van der Waals surface area contributed by atoms with Gasteiger partial charge in [-0.25, -0.2) is 0 Å². The average Bonchev–Trinajstić information content (AvgIpc) is 2.39. The Hall–Kier alpha value is -0.810. The van der Waals surface area contributed by atoms with Gasteiger partial charge in [-0.15, -0.1) is 11.8 Å². The van der Waals surface area contributed by atoms with Crippen LogP contribution in [0.2, 0.25) is 0 Å². The number of hydrogen-bond donors (Lipinski definition) is 0. The number of hydrogen-bond acceptors (Lipinski definition) is 2. The lowest BCUT2D eigenvalue weighted by Gasteiger charge is -2.03. The lowest BCUT2D eigenvalue weighted by Crippen LogP contribution is -2.01. The molecule has 0 saturated heterocycles. The van der Waals surface area contributed by atoms with Crippen molar-refractivity contribution >= 4 is 40.1 Å². The second kappa shape index (κ2) is 6.38. The summed E-state index contributed by atoms with van der Waals surface area (Å²) in [6, 6.07) is 15.5. The molecule has 0 atom stereocenters. The molecular weight excluding hydrogens is 355 g/mol. The molecule has 0 aliphatic rings. The number of thioether (sulfide) groups is 1. The van der Waals surface area contributed by atoms with E-state index < -0.39 is 0 Å². The van der Waals surface area contributed by atoms with Crippen LogP contribution in [0.4, 0.5) is 0 Å². The van der Waals surface area contributed by atoms with E-state index in [9.17, 15) is 4.79 Å². The van der Waals surface area contributed by atoms with Gasteiger partial charge in [0.2, 0.25) is 0 Å². The van der Waals surface area contributed by atoms with Crippen molar-refractivity contribution in [2.45, 2.75) is 11.8 Å². The standard InChI is InChI=1S/C15H13IOS/c1-2-18-14-8-6-11(7-9-14)15(17)12-4-3-5-13(16)10-12/h3-10H,2H2,1H3. The number of ketones is 1. The summed E-state index contributed by atoms with van der Waals surface area (Å²) in [5.74, 6) is 1.13. The first kappa shape index (κ1) is 13.6. The summed E-state index contributed by atoms with van der Waals surface area (Å²) in [5.41, 5.74) is 1.50. The van der Waals surface area contributed by atoms with Crippen LogP contribution in [-0.2, 0) is 0 Å². The van der Waals surface area contributed by atoms with Crippen molar-refractivity contribution in [3.05, 3.63) is 63.2 Å². The highest BCUT2D eigenvalue weighted by molar-refractivity contribution is 14.1. The van der Waals surface area contributed by atoms with E-state index in [-0.39, 0.29) is 5.78 Å². The topological polar surface area (TPSA) is 17.1 Å². The minimum atomic E-state index is 0.0848. The zero-order chi connectivity index (χ0) is 13.0. The van der Waals surface area contributed by atoms with Crippen LogP contribution in [0.1, 0.15) is 22.8 Å². The first-order valence-electron chi connectivity index (χ1n) is 5.74. The van der Waals surface area contributed by atoms with Crippen LogP contribution in [0.15, 0.2) is 53.4 Å². The largest absolute Gasteiger partial charge is 0.289 e. The van der Waals surface area contributed by atoms with Gasteiger partial charge in [0.25, 0.3) is 0 Å². The van der Waals surface area contributed by atoms with Gasteiger partial charge < -0.3 is 0 Å². The smallest absolute Gasteiger partial charge is 0.193 e. The molecule has 2 aromatic carbocycles. The van der Waals surface area contributed by atoms with Crippen molar-refractivity contribution in [1.82, 2.24) is 0 Å². The van der Waals surface area contributed by atoms with E-state index in [1.165, 1.54) is 4.90 Å². The molecule has 0 spiro atoms. The van der Waals surface area contributed by atoms with E-state index in [4.69, 9.17) is 0 Å². The molecule has 1 nitrogen and oxygen atoms in total. The van der Waals surface area contributed by atoms with Gasteiger partial charge in [0.05, 0.1) is 0 Å². The summed E-state index contributed by atoms with van der Waals surface area (Å²) >= 11 is 4.00. The van der Waals surface area contributed by atoms with E-state index >= 15 is 0 Å². The fraction of sp³-hybridized carbons (Fsp3) is 0.133. The van der Waals surface area contributed by atoms with Crippen LogP contribution in [0, 0.1) is 3.57 Å². The molecule has 0 fully saturated rings. The Kier molecular flexibility index (Phi) is 4.83. The molecule has 0 N–H and O–H groups in total. The first-order valence-corrected chi connectivity index (χ1v) is 7.80. The summed E-state index contributed by atoms with van der Waals surface area (Å²) < 4.78 is 1.08. The van der Waals surface area contributed by atoms with E-state index in [0.717, 1.165) is 20.4 Å². The third-order valence-corrected chi connectivity index (χ3v) is 4.08. The van der Waals surface area contributed by atoms with Gasteiger partial charge in [0, 0.05) is 19.6 Å². The van der Waals surface area contributed by atoms with Crippen LogP contribution < -0.4 is 0 Å². The van der Waals surface area contributed by atoms with Gasteiger partial charge in [-0.3, -0.25) is 4.79 Å². The van der Waals surface area contributed by atoms with E-state index in [1.54, 1.807) is 11.8 Å². The van der Waals surface area contributed by atoms with Gasteiger partial charge >= 0.3 is 0 Å². The van der Waals surface area contributed by atoms with Crippen LogP contribution in [-0.4, -0.2) is 11.5 Å². The van der Waals surface area contributed by atoms with Crippen LogP contribution in [0.3, 0.4) is 0 Å². The number of rotatable bonds is 4. The zero-order valence-corrected chi connectivity index (χ0v) is 13.0. The molecule has 2 rings (SSSR count). The molecule has 0 heterocycles. The maximum absolute atomic E-state index is 12.3. The summed E-state index contributed by atoms with van der Waals surface area (Å²) in [5, 5.41) is 0. The Balaban J connectivity index is 2.23. The molecule has 0 aliphatic heterocycles. The third-order valence-electron chi connectivity index (χ3n) is 2.51. The number of benzene rings is 2. The highest BCUT2D eigenvalue weighted by Crippen LogP contribution is 2.19. The van der Waals surface area contributed by atoms with Crippen molar-refractivity contribution in [2.24, 2.45) is 0 Å².